The van der Waals surface area contributed by atoms with Gasteiger partial charge in [-0.2, -0.15) is 5.26 Å². The standard InChI is InChI=1S/C12H12N2O2S/c1-4-5-10(16)14-12-9(6-13)7(2)11(17-12)8(3)15/h4-5H,1-3H3,(H,14,16)/b5-4+. The van der Waals surface area contributed by atoms with Crippen LogP contribution < -0.4 is 5.32 Å². The number of anilines is 1. The first-order chi connectivity index (χ1) is 8.01. The highest BCUT2D eigenvalue weighted by molar-refractivity contribution is 7.18. The number of nitriles is 1. The van der Waals surface area contributed by atoms with E-state index in [0.29, 0.717) is 21.0 Å². The van der Waals surface area contributed by atoms with Crippen LogP contribution in [0.5, 0.6) is 0 Å². The Labute approximate surface area is 104 Å². The molecule has 0 aliphatic heterocycles. The largest absolute Gasteiger partial charge is 0.313 e. The monoisotopic (exact) mass is 248 g/mol. The van der Waals surface area contributed by atoms with Crippen molar-refractivity contribution in [3.63, 3.8) is 0 Å². The highest BCUT2D eigenvalue weighted by Crippen LogP contribution is 2.32. The number of allylic oxidation sites excluding steroid dienone is 1. The molecule has 88 valence electrons. The van der Waals surface area contributed by atoms with Crippen molar-refractivity contribution in [1.29, 1.82) is 5.26 Å². The molecule has 0 aliphatic carbocycles. The molecule has 5 heteroatoms. The van der Waals surface area contributed by atoms with Crippen LogP contribution in [0.4, 0.5) is 5.00 Å². The van der Waals surface area contributed by atoms with Gasteiger partial charge in [0.25, 0.3) is 0 Å². The van der Waals surface area contributed by atoms with Crippen LogP contribution in [0.3, 0.4) is 0 Å². The SMILES string of the molecule is C/C=C/C(=O)Nc1sc(C(C)=O)c(C)c1C#N. The van der Waals surface area contributed by atoms with E-state index in [1.165, 1.54) is 13.0 Å². The third kappa shape index (κ3) is 2.80. The van der Waals surface area contributed by atoms with Crippen LogP contribution in [0.15, 0.2) is 12.2 Å². The molecule has 1 aromatic rings. The molecule has 1 N–H and O–H groups in total. The summed E-state index contributed by atoms with van der Waals surface area (Å²) in [5.41, 5.74) is 0.985. The van der Waals surface area contributed by atoms with Crippen molar-refractivity contribution in [2.75, 3.05) is 5.32 Å². The molecule has 1 amide bonds. The number of Topliss-reactive ketones (excluding diaryl/α,β-unsaturated/α-hetero) is 1. The van der Waals surface area contributed by atoms with E-state index in [1.54, 1.807) is 19.9 Å². The van der Waals surface area contributed by atoms with Gasteiger partial charge in [-0.05, 0) is 32.4 Å². The number of carbonyl (C=O) groups excluding carboxylic acids is 2. The van der Waals surface area contributed by atoms with Crippen molar-refractivity contribution in [2.45, 2.75) is 20.8 Å². The number of hydrogen-bond acceptors (Lipinski definition) is 4. The molecule has 0 unspecified atom stereocenters. The smallest absolute Gasteiger partial charge is 0.248 e. The van der Waals surface area contributed by atoms with Gasteiger partial charge in [-0.1, -0.05) is 6.08 Å². The fraction of sp³-hybridized carbons (Fsp3) is 0.250. The number of carbonyl (C=O) groups is 2. The van der Waals surface area contributed by atoms with Crippen LogP contribution in [0, 0.1) is 18.3 Å². The Balaban J connectivity index is 3.17. The third-order valence-electron chi connectivity index (χ3n) is 2.13. The predicted molar refractivity (Wildman–Crippen MR) is 67.2 cm³/mol. The zero-order chi connectivity index (χ0) is 13.0. The van der Waals surface area contributed by atoms with Gasteiger partial charge < -0.3 is 5.32 Å². The normalized spacial score (nSPS) is 10.2. The number of amides is 1. The molecule has 0 saturated carbocycles. The summed E-state index contributed by atoms with van der Waals surface area (Å²) in [5.74, 6) is -0.407. The molecule has 1 heterocycles. The van der Waals surface area contributed by atoms with E-state index in [2.05, 4.69) is 5.32 Å². The molecule has 17 heavy (non-hydrogen) atoms. The minimum absolute atomic E-state index is 0.101. The van der Waals surface area contributed by atoms with Crippen LogP contribution in [0.25, 0.3) is 0 Å². The van der Waals surface area contributed by atoms with Crippen LogP contribution in [-0.4, -0.2) is 11.7 Å². The third-order valence-corrected chi connectivity index (χ3v) is 3.44. The summed E-state index contributed by atoms with van der Waals surface area (Å²) in [5, 5.41) is 12.0. The molecule has 0 bridgehead atoms. The number of nitrogens with one attached hydrogen (secondary N) is 1. The van der Waals surface area contributed by atoms with Crippen molar-refractivity contribution in [1.82, 2.24) is 0 Å². The van der Waals surface area contributed by atoms with Gasteiger partial charge in [0.1, 0.15) is 11.1 Å². The Kier molecular flexibility index (Phi) is 4.18. The van der Waals surface area contributed by atoms with E-state index in [-0.39, 0.29) is 11.7 Å². The van der Waals surface area contributed by atoms with E-state index in [1.807, 2.05) is 6.07 Å². The second kappa shape index (κ2) is 5.41. The summed E-state index contributed by atoms with van der Waals surface area (Å²) >= 11 is 1.14. The van der Waals surface area contributed by atoms with E-state index in [4.69, 9.17) is 5.26 Å². The van der Waals surface area contributed by atoms with Gasteiger partial charge in [0, 0.05) is 0 Å². The lowest BCUT2D eigenvalue weighted by Gasteiger charge is -1.97. The fourth-order valence-corrected chi connectivity index (χ4v) is 2.43. The quantitative estimate of drug-likeness (QED) is 0.660. The van der Waals surface area contributed by atoms with Gasteiger partial charge >= 0.3 is 0 Å². The zero-order valence-corrected chi connectivity index (χ0v) is 10.6. The second-order valence-corrected chi connectivity index (χ2v) is 4.44. The lowest BCUT2D eigenvalue weighted by molar-refractivity contribution is -0.111. The molecular formula is C12H12N2O2S. The zero-order valence-electron chi connectivity index (χ0n) is 9.83. The van der Waals surface area contributed by atoms with Crippen LogP contribution in [0.1, 0.15) is 34.6 Å². The van der Waals surface area contributed by atoms with Gasteiger partial charge in [0.05, 0.1) is 10.4 Å². The minimum Gasteiger partial charge on any atom is -0.313 e. The predicted octanol–water partition coefficient (Wildman–Crippen LogP) is 2.65. The van der Waals surface area contributed by atoms with Crippen LogP contribution in [0.2, 0.25) is 0 Å². The molecule has 0 radical (unpaired) electrons. The van der Waals surface area contributed by atoms with Crippen molar-refractivity contribution < 1.29 is 9.59 Å². The number of rotatable bonds is 3. The first-order valence-corrected chi connectivity index (χ1v) is 5.81. The van der Waals surface area contributed by atoms with Crippen molar-refractivity contribution in [2.24, 2.45) is 0 Å². The highest BCUT2D eigenvalue weighted by atomic mass is 32.1. The van der Waals surface area contributed by atoms with Crippen LogP contribution >= 0.6 is 11.3 Å². The molecule has 0 saturated heterocycles. The van der Waals surface area contributed by atoms with Gasteiger partial charge in [-0.3, -0.25) is 9.59 Å². The molecule has 1 rings (SSSR count). The summed E-state index contributed by atoms with van der Waals surface area (Å²) in [6, 6.07) is 2.01. The van der Waals surface area contributed by atoms with Crippen LogP contribution in [-0.2, 0) is 4.79 Å². The average Bonchev–Trinajstić information content (AvgIpc) is 2.55. The fourth-order valence-electron chi connectivity index (χ4n) is 1.38. The second-order valence-electron chi connectivity index (χ2n) is 3.42. The Morgan fingerprint density at radius 1 is 1.47 bits per heavy atom. The van der Waals surface area contributed by atoms with Gasteiger partial charge in [0.15, 0.2) is 5.78 Å². The molecular weight excluding hydrogens is 236 g/mol. The summed E-state index contributed by atoms with van der Waals surface area (Å²) in [6.45, 7) is 4.88. The maximum Gasteiger partial charge on any atom is 0.248 e. The average molecular weight is 248 g/mol. The summed E-state index contributed by atoms with van der Waals surface area (Å²) in [7, 11) is 0. The Morgan fingerprint density at radius 3 is 2.59 bits per heavy atom. The first-order valence-electron chi connectivity index (χ1n) is 4.99. The molecule has 0 spiro atoms. The summed E-state index contributed by atoms with van der Waals surface area (Å²) < 4.78 is 0. The first kappa shape index (κ1) is 13.1. The van der Waals surface area contributed by atoms with E-state index in [0.717, 1.165) is 11.3 Å². The number of hydrogen-bond donors (Lipinski definition) is 1. The maximum absolute atomic E-state index is 11.4. The lowest BCUT2D eigenvalue weighted by Crippen LogP contribution is -2.07. The lowest BCUT2D eigenvalue weighted by atomic mass is 10.1. The number of nitrogens with zero attached hydrogens (tertiary/aromatic N) is 1. The van der Waals surface area contributed by atoms with Crippen molar-refractivity contribution in [3.05, 3.63) is 28.2 Å². The Bertz CT molecular complexity index is 535. The molecule has 0 aromatic carbocycles. The molecule has 0 aliphatic rings. The topological polar surface area (TPSA) is 70.0 Å². The number of ketones is 1. The van der Waals surface area contributed by atoms with Gasteiger partial charge in [-0.15, -0.1) is 11.3 Å². The molecule has 0 atom stereocenters. The highest BCUT2D eigenvalue weighted by Gasteiger charge is 2.18. The Morgan fingerprint density at radius 2 is 2.12 bits per heavy atom. The van der Waals surface area contributed by atoms with Gasteiger partial charge in [-0.25, -0.2) is 0 Å². The van der Waals surface area contributed by atoms with Crippen molar-refractivity contribution in [3.8, 4) is 6.07 Å². The van der Waals surface area contributed by atoms with E-state index < -0.39 is 0 Å². The van der Waals surface area contributed by atoms with Crippen molar-refractivity contribution >= 4 is 28.0 Å². The summed E-state index contributed by atoms with van der Waals surface area (Å²) in [6.07, 6.45) is 2.97. The Hall–Kier alpha value is -1.93. The maximum atomic E-state index is 11.4. The molecule has 1 aromatic heterocycles. The minimum atomic E-state index is -0.305. The van der Waals surface area contributed by atoms with Gasteiger partial charge in [0.2, 0.25) is 5.91 Å². The number of thiophene rings is 1. The molecule has 0 fully saturated rings. The van der Waals surface area contributed by atoms with E-state index >= 15 is 0 Å². The summed E-state index contributed by atoms with van der Waals surface area (Å²) in [4.78, 5) is 23.2. The molecule has 4 nitrogen and oxygen atoms in total. The van der Waals surface area contributed by atoms with E-state index in [9.17, 15) is 9.59 Å².